The third kappa shape index (κ3) is 1.60. The van der Waals surface area contributed by atoms with Gasteiger partial charge in [0.05, 0.1) is 6.07 Å². The second-order valence-corrected chi connectivity index (χ2v) is 7.02. The van der Waals surface area contributed by atoms with Gasteiger partial charge in [-0.2, -0.15) is 5.26 Å². The Labute approximate surface area is 118 Å². The van der Waals surface area contributed by atoms with Gasteiger partial charge in [-0.15, -0.1) is 0 Å². The molecule has 5 nitrogen and oxygen atoms in total. The van der Waals surface area contributed by atoms with Gasteiger partial charge in [0, 0.05) is 0 Å². The summed E-state index contributed by atoms with van der Waals surface area (Å²) in [6.45, 7) is -0.130. The van der Waals surface area contributed by atoms with E-state index in [1.165, 1.54) is 32.1 Å². The number of nitrogens with zero attached hydrogens (tertiary/aromatic N) is 2. The lowest BCUT2D eigenvalue weighted by Crippen LogP contribution is -2.53. The van der Waals surface area contributed by atoms with Crippen molar-refractivity contribution in [2.45, 2.75) is 38.1 Å². The van der Waals surface area contributed by atoms with E-state index in [1.54, 1.807) is 0 Å². The SMILES string of the molecule is N#CCN1C(=O)NC(C2C3CC4CC(C3)CC2C4)C1=O. The zero-order valence-corrected chi connectivity index (χ0v) is 11.4. The third-order valence-corrected chi connectivity index (χ3v) is 5.97. The van der Waals surface area contributed by atoms with Crippen LogP contribution in [0.15, 0.2) is 0 Å². The highest BCUT2D eigenvalue weighted by molar-refractivity contribution is 6.04. The number of imide groups is 1. The molecular formula is C15H19N3O2. The van der Waals surface area contributed by atoms with Crippen molar-refractivity contribution in [3.05, 3.63) is 0 Å². The number of carbonyl (C=O) groups is 2. The predicted octanol–water partition coefficient (Wildman–Crippen LogP) is 1.50. The van der Waals surface area contributed by atoms with Crippen LogP contribution < -0.4 is 5.32 Å². The monoisotopic (exact) mass is 273 g/mol. The maximum absolute atomic E-state index is 12.4. The number of carbonyl (C=O) groups excluding carboxylic acids is 2. The molecule has 5 rings (SSSR count). The van der Waals surface area contributed by atoms with Crippen LogP contribution in [0.25, 0.3) is 0 Å². The molecule has 4 aliphatic carbocycles. The van der Waals surface area contributed by atoms with E-state index in [0.717, 1.165) is 16.7 Å². The Kier molecular flexibility index (Phi) is 2.57. The lowest BCUT2D eigenvalue weighted by atomic mass is 9.50. The number of hydrogen-bond donors (Lipinski definition) is 1. The first-order chi connectivity index (χ1) is 9.67. The van der Waals surface area contributed by atoms with Gasteiger partial charge < -0.3 is 5.32 Å². The van der Waals surface area contributed by atoms with Crippen LogP contribution in [0.1, 0.15) is 32.1 Å². The summed E-state index contributed by atoms with van der Waals surface area (Å²) in [6.07, 6.45) is 6.31. The number of rotatable bonds is 2. The van der Waals surface area contributed by atoms with Crippen molar-refractivity contribution in [2.24, 2.45) is 29.6 Å². The molecule has 3 amide bonds. The van der Waals surface area contributed by atoms with Gasteiger partial charge in [0.2, 0.25) is 0 Å². The summed E-state index contributed by atoms with van der Waals surface area (Å²) in [5, 5.41) is 11.6. The van der Waals surface area contributed by atoms with Gasteiger partial charge >= 0.3 is 6.03 Å². The predicted molar refractivity (Wildman–Crippen MR) is 70.2 cm³/mol. The van der Waals surface area contributed by atoms with E-state index in [-0.39, 0.29) is 24.5 Å². The van der Waals surface area contributed by atoms with Gasteiger partial charge in [0.1, 0.15) is 12.6 Å². The Morgan fingerprint density at radius 3 is 2.25 bits per heavy atom. The second kappa shape index (κ2) is 4.21. The fraction of sp³-hybridized carbons (Fsp3) is 0.800. The molecule has 0 radical (unpaired) electrons. The topological polar surface area (TPSA) is 73.2 Å². The van der Waals surface area contributed by atoms with Gasteiger partial charge in [-0.25, -0.2) is 9.69 Å². The highest BCUT2D eigenvalue weighted by Crippen LogP contribution is 2.57. The Morgan fingerprint density at radius 2 is 1.70 bits per heavy atom. The van der Waals surface area contributed by atoms with Crippen LogP contribution in [0.3, 0.4) is 0 Å². The quantitative estimate of drug-likeness (QED) is 0.612. The smallest absolute Gasteiger partial charge is 0.325 e. The van der Waals surface area contributed by atoms with E-state index < -0.39 is 0 Å². The molecule has 5 heteroatoms. The Morgan fingerprint density at radius 1 is 1.10 bits per heavy atom. The fourth-order valence-corrected chi connectivity index (χ4v) is 5.53. The second-order valence-electron chi connectivity index (χ2n) is 7.02. The maximum Gasteiger partial charge on any atom is 0.325 e. The Bertz CT molecular complexity index is 482. The fourth-order valence-electron chi connectivity index (χ4n) is 5.53. The molecular weight excluding hydrogens is 254 g/mol. The average molecular weight is 273 g/mol. The van der Waals surface area contributed by atoms with E-state index in [4.69, 9.17) is 5.26 Å². The van der Waals surface area contributed by atoms with E-state index in [1.807, 2.05) is 6.07 Å². The highest BCUT2D eigenvalue weighted by Gasteiger charge is 2.55. The molecule has 4 bridgehead atoms. The molecule has 4 saturated carbocycles. The molecule has 5 aliphatic rings. The summed E-state index contributed by atoms with van der Waals surface area (Å²) < 4.78 is 0. The van der Waals surface area contributed by atoms with Gasteiger partial charge in [0.15, 0.2) is 0 Å². The molecule has 1 aliphatic heterocycles. The zero-order chi connectivity index (χ0) is 13.9. The van der Waals surface area contributed by atoms with E-state index in [0.29, 0.717) is 17.8 Å². The summed E-state index contributed by atoms with van der Waals surface area (Å²) in [5.41, 5.74) is 0. The van der Waals surface area contributed by atoms with Crippen LogP contribution in [0.2, 0.25) is 0 Å². The van der Waals surface area contributed by atoms with Crippen LogP contribution in [0, 0.1) is 40.9 Å². The molecule has 1 saturated heterocycles. The van der Waals surface area contributed by atoms with Gasteiger partial charge in [0.25, 0.3) is 5.91 Å². The number of urea groups is 1. The molecule has 1 atom stereocenters. The number of nitriles is 1. The van der Waals surface area contributed by atoms with Crippen molar-refractivity contribution in [1.82, 2.24) is 10.2 Å². The van der Waals surface area contributed by atoms with E-state index in [2.05, 4.69) is 5.32 Å². The van der Waals surface area contributed by atoms with Crippen LogP contribution in [-0.4, -0.2) is 29.4 Å². The lowest BCUT2D eigenvalue weighted by molar-refractivity contribution is -0.132. The molecule has 106 valence electrons. The van der Waals surface area contributed by atoms with Gasteiger partial charge in [-0.3, -0.25) is 4.79 Å². The van der Waals surface area contributed by atoms with E-state index >= 15 is 0 Å². The molecule has 0 aromatic rings. The van der Waals surface area contributed by atoms with E-state index in [9.17, 15) is 9.59 Å². The zero-order valence-electron chi connectivity index (χ0n) is 11.4. The summed E-state index contributed by atoms with van der Waals surface area (Å²) in [6, 6.07) is 1.15. The van der Waals surface area contributed by atoms with Crippen LogP contribution in [0.4, 0.5) is 4.79 Å². The maximum atomic E-state index is 12.4. The molecule has 1 unspecified atom stereocenters. The number of amides is 3. The first-order valence-electron chi connectivity index (χ1n) is 7.66. The molecule has 0 spiro atoms. The third-order valence-electron chi connectivity index (χ3n) is 5.97. The number of hydrogen-bond acceptors (Lipinski definition) is 3. The highest BCUT2D eigenvalue weighted by atomic mass is 16.2. The normalized spacial score (nSPS) is 45.6. The minimum absolute atomic E-state index is 0.130. The van der Waals surface area contributed by atoms with Gasteiger partial charge in [-0.1, -0.05) is 0 Å². The van der Waals surface area contributed by atoms with Crippen molar-refractivity contribution >= 4 is 11.9 Å². The van der Waals surface area contributed by atoms with Gasteiger partial charge in [-0.05, 0) is 61.7 Å². The molecule has 0 aromatic heterocycles. The average Bonchev–Trinajstić information content (AvgIpc) is 2.66. The van der Waals surface area contributed by atoms with Crippen molar-refractivity contribution in [3.63, 3.8) is 0 Å². The molecule has 0 aromatic carbocycles. The first-order valence-corrected chi connectivity index (χ1v) is 7.66. The molecule has 5 fully saturated rings. The summed E-state index contributed by atoms with van der Waals surface area (Å²) in [5.74, 6) is 3.05. The summed E-state index contributed by atoms with van der Waals surface area (Å²) in [4.78, 5) is 25.4. The summed E-state index contributed by atoms with van der Waals surface area (Å²) >= 11 is 0. The standard InChI is InChI=1S/C15H19N3O2/c16-1-2-18-14(19)13(17-15(18)20)12-10-4-8-3-9(6-10)7-11(12)5-8/h8-13H,2-7H2,(H,17,20). The first kappa shape index (κ1) is 12.2. The Hall–Kier alpha value is -1.57. The summed E-state index contributed by atoms with van der Waals surface area (Å²) in [7, 11) is 0. The minimum Gasteiger partial charge on any atom is -0.325 e. The molecule has 20 heavy (non-hydrogen) atoms. The Balaban J connectivity index is 1.58. The lowest BCUT2D eigenvalue weighted by Gasteiger charge is -2.55. The van der Waals surface area contributed by atoms with Crippen molar-refractivity contribution in [3.8, 4) is 6.07 Å². The van der Waals surface area contributed by atoms with Crippen molar-refractivity contribution < 1.29 is 9.59 Å². The van der Waals surface area contributed by atoms with Crippen molar-refractivity contribution in [2.75, 3.05) is 6.54 Å². The van der Waals surface area contributed by atoms with Crippen LogP contribution in [0.5, 0.6) is 0 Å². The van der Waals surface area contributed by atoms with Crippen molar-refractivity contribution in [1.29, 1.82) is 5.26 Å². The van der Waals surface area contributed by atoms with Crippen LogP contribution >= 0.6 is 0 Å². The molecule has 1 N–H and O–H groups in total. The van der Waals surface area contributed by atoms with Crippen LogP contribution in [-0.2, 0) is 4.79 Å². The number of nitrogens with one attached hydrogen (secondary N) is 1. The minimum atomic E-state index is -0.379. The molecule has 1 heterocycles. The largest absolute Gasteiger partial charge is 0.325 e.